The van der Waals surface area contributed by atoms with Gasteiger partial charge < -0.3 is 9.84 Å². The van der Waals surface area contributed by atoms with Crippen molar-refractivity contribution < 1.29 is 14.6 Å². The number of carbonyl (C=O) groups is 1. The van der Waals surface area contributed by atoms with E-state index in [-0.39, 0.29) is 18.2 Å². The molecular formula is C11H18O3. The Morgan fingerprint density at radius 3 is 2.57 bits per heavy atom. The zero-order valence-electron chi connectivity index (χ0n) is 8.66. The third-order valence-electron chi connectivity index (χ3n) is 3.36. The lowest BCUT2D eigenvalue weighted by atomic mass is 9.74. The van der Waals surface area contributed by atoms with Crippen LogP contribution in [0.2, 0.25) is 0 Å². The first-order chi connectivity index (χ1) is 6.61. The standard InChI is InChI=1S/C11H18O3/c1-11(2-3-11)14-10(13)6-8-4-9(5-8)7-12/h8-9,12H,2-7H2,1H3/t8-,9+. The van der Waals surface area contributed by atoms with Crippen LogP contribution in [0.3, 0.4) is 0 Å². The van der Waals surface area contributed by atoms with E-state index >= 15 is 0 Å². The lowest BCUT2D eigenvalue weighted by Gasteiger charge is -2.33. The fraction of sp³-hybridized carbons (Fsp3) is 0.909. The lowest BCUT2D eigenvalue weighted by Crippen LogP contribution is -2.29. The van der Waals surface area contributed by atoms with Crippen molar-refractivity contribution in [3.8, 4) is 0 Å². The number of esters is 1. The van der Waals surface area contributed by atoms with Crippen molar-refractivity contribution in [3.63, 3.8) is 0 Å². The molecule has 0 atom stereocenters. The Morgan fingerprint density at radius 2 is 2.07 bits per heavy atom. The highest BCUT2D eigenvalue weighted by Crippen LogP contribution is 2.41. The van der Waals surface area contributed by atoms with E-state index in [2.05, 4.69) is 0 Å². The number of ether oxygens (including phenoxy) is 1. The van der Waals surface area contributed by atoms with Crippen LogP contribution < -0.4 is 0 Å². The predicted octanol–water partition coefficient (Wildman–Crippen LogP) is 1.49. The molecule has 0 heterocycles. The second-order valence-corrected chi connectivity index (χ2v) is 5.01. The maximum Gasteiger partial charge on any atom is 0.306 e. The van der Waals surface area contributed by atoms with E-state index < -0.39 is 0 Å². The fourth-order valence-electron chi connectivity index (χ4n) is 2.02. The molecule has 0 aromatic rings. The minimum absolute atomic E-state index is 0.0496. The van der Waals surface area contributed by atoms with Crippen molar-refractivity contribution in [2.45, 2.75) is 44.6 Å². The zero-order chi connectivity index (χ0) is 10.2. The van der Waals surface area contributed by atoms with E-state index in [0.29, 0.717) is 18.3 Å². The van der Waals surface area contributed by atoms with Crippen LogP contribution in [0.15, 0.2) is 0 Å². The number of hydrogen-bond donors (Lipinski definition) is 1. The summed E-state index contributed by atoms with van der Waals surface area (Å²) in [7, 11) is 0. The first-order valence-electron chi connectivity index (χ1n) is 5.44. The monoisotopic (exact) mass is 198 g/mol. The molecule has 0 amide bonds. The van der Waals surface area contributed by atoms with Gasteiger partial charge in [-0.3, -0.25) is 4.79 Å². The SMILES string of the molecule is CC1(OC(=O)C[C@H]2C[C@@H](CO)C2)CC1. The van der Waals surface area contributed by atoms with Crippen molar-refractivity contribution in [1.82, 2.24) is 0 Å². The molecule has 14 heavy (non-hydrogen) atoms. The van der Waals surface area contributed by atoms with Crippen molar-refractivity contribution in [2.75, 3.05) is 6.61 Å². The average Bonchev–Trinajstić information content (AvgIpc) is 2.74. The normalized spacial score (nSPS) is 33.3. The van der Waals surface area contributed by atoms with Gasteiger partial charge in [0.05, 0.1) is 0 Å². The summed E-state index contributed by atoms with van der Waals surface area (Å²) in [5.41, 5.74) is -0.128. The fourth-order valence-corrected chi connectivity index (χ4v) is 2.02. The molecule has 2 aliphatic carbocycles. The van der Waals surface area contributed by atoms with Crippen LogP contribution in [0.4, 0.5) is 0 Å². The molecule has 80 valence electrons. The highest BCUT2D eigenvalue weighted by molar-refractivity contribution is 5.70. The van der Waals surface area contributed by atoms with Crippen molar-refractivity contribution in [1.29, 1.82) is 0 Å². The maximum atomic E-state index is 11.4. The van der Waals surface area contributed by atoms with E-state index in [0.717, 1.165) is 25.7 Å². The van der Waals surface area contributed by atoms with Gasteiger partial charge in [0.25, 0.3) is 0 Å². The largest absolute Gasteiger partial charge is 0.459 e. The number of hydrogen-bond acceptors (Lipinski definition) is 3. The first-order valence-corrected chi connectivity index (χ1v) is 5.44. The Bertz CT molecular complexity index is 227. The van der Waals surface area contributed by atoms with Crippen molar-refractivity contribution in [2.24, 2.45) is 11.8 Å². The molecule has 3 nitrogen and oxygen atoms in total. The van der Waals surface area contributed by atoms with Gasteiger partial charge in [-0.1, -0.05) is 0 Å². The molecule has 0 spiro atoms. The molecule has 2 saturated carbocycles. The average molecular weight is 198 g/mol. The Labute approximate surface area is 84.4 Å². The summed E-state index contributed by atoms with van der Waals surface area (Å²) < 4.78 is 5.32. The summed E-state index contributed by atoms with van der Waals surface area (Å²) >= 11 is 0. The molecule has 2 aliphatic rings. The third kappa shape index (κ3) is 2.27. The van der Waals surface area contributed by atoms with Gasteiger partial charge in [0.1, 0.15) is 5.60 Å². The van der Waals surface area contributed by atoms with E-state index in [1.54, 1.807) is 0 Å². The van der Waals surface area contributed by atoms with Crippen LogP contribution in [-0.2, 0) is 9.53 Å². The van der Waals surface area contributed by atoms with Gasteiger partial charge >= 0.3 is 5.97 Å². The van der Waals surface area contributed by atoms with Gasteiger partial charge in [0, 0.05) is 13.0 Å². The number of aliphatic hydroxyl groups excluding tert-OH is 1. The molecule has 1 N–H and O–H groups in total. The maximum absolute atomic E-state index is 11.4. The summed E-state index contributed by atoms with van der Waals surface area (Å²) in [6, 6.07) is 0. The topological polar surface area (TPSA) is 46.5 Å². The predicted molar refractivity (Wildman–Crippen MR) is 51.6 cm³/mol. The highest BCUT2D eigenvalue weighted by Gasteiger charge is 2.42. The molecule has 0 radical (unpaired) electrons. The van der Waals surface area contributed by atoms with E-state index in [9.17, 15) is 4.79 Å². The zero-order valence-corrected chi connectivity index (χ0v) is 8.66. The van der Waals surface area contributed by atoms with Crippen LogP contribution in [0, 0.1) is 11.8 Å². The van der Waals surface area contributed by atoms with E-state index in [1.807, 2.05) is 6.92 Å². The minimum atomic E-state index is -0.128. The molecule has 0 unspecified atom stereocenters. The van der Waals surface area contributed by atoms with Crippen molar-refractivity contribution >= 4 is 5.97 Å². The van der Waals surface area contributed by atoms with Gasteiger partial charge in [0.2, 0.25) is 0 Å². The number of rotatable bonds is 4. The second-order valence-electron chi connectivity index (χ2n) is 5.01. The quantitative estimate of drug-likeness (QED) is 0.696. The smallest absolute Gasteiger partial charge is 0.306 e. The third-order valence-corrected chi connectivity index (χ3v) is 3.36. The number of carbonyl (C=O) groups excluding carboxylic acids is 1. The highest BCUT2D eigenvalue weighted by atomic mass is 16.6. The number of aliphatic hydroxyl groups is 1. The van der Waals surface area contributed by atoms with Crippen LogP contribution >= 0.6 is 0 Å². The second kappa shape index (κ2) is 3.54. The molecule has 0 aromatic heterocycles. The van der Waals surface area contributed by atoms with Crippen LogP contribution in [0.1, 0.15) is 39.0 Å². The van der Waals surface area contributed by atoms with Gasteiger partial charge in [-0.25, -0.2) is 0 Å². The van der Waals surface area contributed by atoms with E-state index in [4.69, 9.17) is 9.84 Å². The minimum Gasteiger partial charge on any atom is -0.459 e. The van der Waals surface area contributed by atoms with Crippen molar-refractivity contribution in [3.05, 3.63) is 0 Å². The van der Waals surface area contributed by atoms with Crippen LogP contribution in [-0.4, -0.2) is 23.3 Å². The molecule has 0 aliphatic heterocycles. The molecule has 3 heteroatoms. The Kier molecular flexibility index (Phi) is 2.52. The Morgan fingerprint density at radius 1 is 1.43 bits per heavy atom. The molecule has 0 bridgehead atoms. The molecule has 2 rings (SSSR count). The van der Waals surface area contributed by atoms with Crippen LogP contribution in [0.5, 0.6) is 0 Å². The van der Waals surface area contributed by atoms with E-state index in [1.165, 1.54) is 0 Å². The van der Waals surface area contributed by atoms with Crippen LogP contribution in [0.25, 0.3) is 0 Å². The first kappa shape index (κ1) is 9.97. The Balaban J connectivity index is 1.64. The molecule has 2 fully saturated rings. The molecule has 0 saturated heterocycles. The van der Waals surface area contributed by atoms with Gasteiger partial charge in [-0.2, -0.15) is 0 Å². The van der Waals surface area contributed by atoms with Gasteiger partial charge in [-0.05, 0) is 44.4 Å². The lowest BCUT2D eigenvalue weighted by molar-refractivity contribution is -0.152. The summed E-state index contributed by atoms with van der Waals surface area (Å²) in [5.74, 6) is 0.845. The summed E-state index contributed by atoms with van der Waals surface area (Å²) in [4.78, 5) is 11.4. The summed E-state index contributed by atoms with van der Waals surface area (Å²) in [5, 5.41) is 8.82. The Hall–Kier alpha value is -0.570. The van der Waals surface area contributed by atoms with Gasteiger partial charge in [-0.15, -0.1) is 0 Å². The van der Waals surface area contributed by atoms with Gasteiger partial charge in [0.15, 0.2) is 0 Å². The summed E-state index contributed by atoms with van der Waals surface area (Å²) in [6.45, 7) is 2.26. The molecule has 0 aromatic carbocycles. The molecular weight excluding hydrogens is 180 g/mol. The summed E-state index contributed by atoms with van der Waals surface area (Å²) in [6.07, 6.45) is 4.56.